The number of aliphatic hydroxyl groups excluding tert-OH is 1. The fraction of sp³-hybridized carbons (Fsp3) is 0.840. The van der Waals surface area contributed by atoms with Crippen molar-refractivity contribution in [2.45, 2.75) is 135 Å². The molecule has 0 aliphatic rings. The standard InChI is InChI=1S/C25H48OSi/c1-5-6-7-8-9-10-11-12-13-14-15-16-17-18-19-20-21-22-25(26)23-24-27(2,3)4/h12-13,25-26H,5-11,14-22H2,1-4H3/b13-12-/t25-/m1/s1. The SMILES string of the molecule is CCCCCCCC/C=C\CCCCCCCCC[C@@H](O)C#C[Si](C)(C)C. The van der Waals surface area contributed by atoms with E-state index in [2.05, 4.69) is 50.2 Å². The van der Waals surface area contributed by atoms with Gasteiger partial charge in [-0.2, -0.15) is 0 Å². The Kier molecular flexibility index (Phi) is 18.5. The Morgan fingerprint density at radius 2 is 1.15 bits per heavy atom. The molecule has 0 aliphatic heterocycles. The van der Waals surface area contributed by atoms with E-state index >= 15 is 0 Å². The molecule has 1 nitrogen and oxygen atoms in total. The van der Waals surface area contributed by atoms with Crippen molar-refractivity contribution in [2.75, 3.05) is 0 Å². The number of rotatable bonds is 17. The molecule has 0 aromatic rings. The van der Waals surface area contributed by atoms with Gasteiger partial charge in [0.1, 0.15) is 14.2 Å². The fourth-order valence-corrected chi connectivity index (χ4v) is 3.73. The maximum atomic E-state index is 9.88. The number of aliphatic hydroxyl groups is 1. The average molecular weight is 393 g/mol. The molecular weight excluding hydrogens is 344 g/mol. The van der Waals surface area contributed by atoms with Gasteiger partial charge in [0.05, 0.1) is 0 Å². The van der Waals surface area contributed by atoms with E-state index in [9.17, 15) is 5.11 Å². The Morgan fingerprint density at radius 3 is 1.63 bits per heavy atom. The van der Waals surface area contributed by atoms with Gasteiger partial charge < -0.3 is 5.11 Å². The van der Waals surface area contributed by atoms with Crippen molar-refractivity contribution in [1.29, 1.82) is 0 Å². The molecule has 0 bridgehead atoms. The fourth-order valence-electron chi connectivity index (χ4n) is 3.13. The van der Waals surface area contributed by atoms with Crippen molar-refractivity contribution in [2.24, 2.45) is 0 Å². The first-order valence-corrected chi connectivity index (χ1v) is 15.3. The van der Waals surface area contributed by atoms with Crippen LogP contribution in [0.25, 0.3) is 0 Å². The number of hydrogen-bond donors (Lipinski definition) is 1. The predicted octanol–water partition coefficient (Wildman–Crippen LogP) is 8.05. The Bertz CT molecular complexity index is 397. The largest absolute Gasteiger partial charge is 0.380 e. The summed E-state index contributed by atoms with van der Waals surface area (Å²) in [6.45, 7) is 8.94. The molecule has 0 aromatic heterocycles. The third-order valence-corrected chi connectivity index (χ3v) is 5.75. The first kappa shape index (κ1) is 26.5. The molecule has 0 fully saturated rings. The summed E-state index contributed by atoms with van der Waals surface area (Å²) in [4.78, 5) is 0. The van der Waals surface area contributed by atoms with E-state index in [0.29, 0.717) is 0 Å². The normalized spacial score (nSPS) is 12.9. The zero-order valence-corrected chi connectivity index (χ0v) is 20.0. The topological polar surface area (TPSA) is 20.2 Å². The summed E-state index contributed by atoms with van der Waals surface area (Å²) in [5.41, 5.74) is 3.26. The first-order chi connectivity index (χ1) is 13.0. The van der Waals surface area contributed by atoms with Gasteiger partial charge in [-0.1, -0.05) is 109 Å². The second-order valence-electron chi connectivity index (χ2n) is 9.12. The van der Waals surface area contributed by atoms with Crippen LogP contribution in [0.4, 0.5) is 0 Å². The van der Waals surface area contributed by atoms with Gasteiger partial charge in [-0.15, -0.1) is 5.54 Å². The van der Waals surface area contributed by atoms with Crippen LogP contribution in [0.15, 0.2) is 12.2 Å². The zero-order chi connectivity index (χ0) is 20.2. The first-order valence-electron chi connectivity index (χ1n) is 11.8. The number of allylic oxidation sites excluding steroid dienone is 2. The smallest absolute Gasteiger partial charge is 0.129 e. The quantitative estimate of drug-likeness (QED) is 0.115. The molecule has 0 unspecified atom stereocenters. The summed E-state index contributed by atoms with van der Waals surface area (Å²) in [5, 5.41) is 9.88. The molecule has 0 heterocycles. The van der Waals surface area contributed by atoms with Crippen molar-refractivity contribution in [3.8, 4) is 11.5 Å². The van der Waals surface area contributed by atoms with Crippen LogP contribution in [0.2, 0.25) is 19.6 Å². The molecule has 27 heavy (non-hydrogen) atoms. The molecule has 0 amide bonds. The van der Waals surface area contributed by atoms with Gasteiger partial charge in [0.2, 0.25) is 0 Å². The highest BCUT2D eigenvalue weighted by Gasteiger charge is 2.08. The van der Waals surface area contributed by atoms with Crippen LogP contribution in [0.5, 0.6) is 0 Å². The highest BCUT2D eigenvalue weighted by molar-refractivity contribution is 6.83. The molecule has 2 heteroatoms. The third-order valence-electron chi connectivity index (χ3n) is 4.85. The number of unbranched alkanes of at least 4 members (excludes halogenated alkanes) is 13. The summed E-state index contributed by atoms with van der Waals surface area (Å²) in [5.74, 6) is 3.04. The summed E-state index contributed by atoms with van der Waals surface area (Å²) >= 11 is 0. The Hall–Kier alpha value is -0.523. The lowest BCUT2D eigenvalue weighted by molar-refractivity contribution is 0.217. The van der Waals surface area contributed by atoms with E-state index in [4.69, 9.17) is 0 Å². The van der Waals surface area contributed by atoms with Crippen LogP contribution >= 0.6 is 0 Å². The molecule has 1 atom stereocenters. The van der Waals surface area contributed by atoms with Crippen molar-refractivity contribution in [3.63, 3.8) is 0 Å². The molecule has 0 saturated carbocycles. The van der Waals surface area contributed by atoms with Crippen molar-refractivity contribution < 1.29 is 5.11 Å². The van der Waals surface area contributed by atoms with Gasteiger partial charge in [-0.05, 0) is 38.5 Å². The van der Waals surface area contributed by atoms with E-state index in [0.717, 1.165) is 12.8 Å². The molecule has 0 saturated heterocycles. The molecule has 1 N–H and O–H groups in total. The average Bonchev–Trinajstić information content (AvgIpc) is 2.62. The second-order valence-corrected chi connectivity index (χ2v) is 13.9. The predicted molar refractivity (Wildman–Crippen MR) is 126 cm³/mol. The van der Waals surface area contributed by atoms with Crippen LogP contribution in [0.3, 0.4) is 0 Å². The van der Waals surface area contributed by atoms with Gasteiger partial charge in [0.25, 0.3) is 0 Å². The minimum atomic E-state index is -1.34. The van der Waals surface area contributed by atoms with Gasteiger partial charge in [-0.3, -0.25) is 0 Å². The maximum absolute atomic E-state index is 9.88. The zero-order valence-electron chi connectivity index (χ0n) is 19.0. The van der Waals surface area contributed by atoms with Gasteiger partial charge >= 0.3 is 0 Å². The molecule has 0 aromatic carbocycles. The van der Waals surface area contributed by atoms with E-state index in [1.165, 1.54) is 89.9 Å². The van der Waals surface area contributed by atoms with Crippen molar-refractivity contribution in [3.05, 3.63) is 12.2 Å². The Balaban J connectivity index is 3.29. The van der Waals surface area contributed by atoms with Crippen LogP contribution in [0.1, 0.15) is 110 Å². The van der Waals surface area contributed by atoms with Crippen LogP contribution in [-0.2, 0) is 0 Å². The molecule has 0 radical (unpaired) electrons. The summed E-state index contributed by atoms with van der Waals surface area (Å²) in [6, 6.07) is 0. The Labute approximate surface area is 172 Å². The van der Waals surface area contributed by atoms with Crippen LogP contribution in [-0.4, -0.2) is 19.3 Å². The molecule has 0 rings (SSSR count). The third kappa shape index (κ3) is 23.4. The van der Waals surface area contributed by atoms with E-state index in [1.54, 1.807) is 0 Å². The van der Waals surface area contributed by atoms with Crippen LogP contribution < -0.4 is 0 Å². The lowest BCUT2D eigenvalue weighted by Crippen LogP contribution is -2.17. The van der Waals surface area contributed by atoms with Gasteiger partial charge in [0.15, 0.2) is 0 Å². The van der Waals surface area contributed by atoms with Crippen molar-refractivity contribution >= 4 is 8.07 Å². The molecule has 0 aliphatic carbocycles. The van der Waals surface area contributed by atoms with E-state index in [-0.39, 0.29) is 0 Å². The highest BCUT2D eigenvalue weighted by atomic mass is 28.3. The van der Waals surface area contributed by atoms with E-state index < -0.39 is 14.2 Å². The monoisotopic (exact) mass is 392 g/mol. The summed E-state index contributed by atoms with van der Waals surface area (Å²) < 4.78 is 0. The summed E-state index contributed by atoms with van der Waals surface area (Å²) in [6.07, 6.45) is 25.2. The molecular formula is C25H48OSi. The lowest BCUT2D eigenvalue weighted by Gasteiger charge is -2.07. The Morgan fingerprint density at radius 1 is 0.704 bits per heavy atom. The minimum absolute atomic E-state index is 0.403. The molecule has 158 valence electrons. The second kappa shape index (κ2) is 18.8. The van der Waals surface area contributed by atoms with E-state index in [1.807, 2.05) is 0 Å². The maximum Gasteiger partial charge on any atom is 0.129 e. The lowest BCUT2D eigenvalue weighted by atomic mass is 10.1. The minimum Gasteiger partial charge on any atom is -0.380 e. The van der Waals surface area contributed by atoms with Crippen LogP contribution in [0, 0.1) is 11.5 Å². The van der Waals surface area contributed by atoms with Crippen molar-refractivity contribution in [1.82, 2.24) is 0 Å². The highest BCUT2D eigenvalue weighted by Crippen LogP contribution is 2.12. The number of hydrogen-bond acceptors (Lipinski definition) is 1. The summed E-state index contributed by atoms with van der Waals surface area (Å²) in [7, 11) is -1.34. The van der Waals surface area contributed by atoms with Gasteiger partial charge in [-0.25, -0.2) is 0 Å². The van der Waals surface area contributed by atoms with Gasteiger partial charge in [0, 0.05) is 0 Å². The molecule has 0 spiro atoms.